The van der Waals surface area contributed by atoms with Gasteiger partial charge in [-0.25, -0.2) is 0 Å². The van der Waals surface area contributed by atoms with Crippen LogP contribution in [-0.2, 0) is 11.2 Å². The minimum absolute atomic E-state index is 0.0758. The third-order valence-electron chi connectivity index (χ3n) is 4.93. The number of benzene rings is 1. The Hall–Kier alpha value is -2.38. The Morgan fingerprint density at radius 2 is 1.97 bits per heavy atom. The van der Waals surface area contributed by atoms with Crippen LogP contribution in [0.3, 0.4) is 0 Å². The van der Waals surface area contributed by atoms with E-state index >= 15 is 0 Å². The molecular formula is C22H24N4OS2. The van der Waals surface area contributed by atoms with Crippen LogP contribution in [0.1, 0.15) is 30.1 Å². The molecule has 0 saturated carbocycles. The van der Waals surface area contributed by atoms with Crippen molar-refractivity contribution in [3.05, 3.63) is 52.7 Å². The smallest absolute Gasteiger partial charge is 0.237 e. The highest BCUT2D eigenvalue weighted by Gasteiger charge is 2.18. The van der Waals surface area contributed by atoms with Gasteiger partial charge in [0, 0.05) is 23.5 Å². The van der Waals surface area contributed by atoms with E-state index in [0.29, 0.717) is 12.3 Å². The Morgan fingerprint density at radius 3 is 2.69 bits per heavy atom. The van der Waals surface area contributed by atoms with Crippen LogP contribution in [0.5, 0.6) is 0 Å². The summed E-state index contributed by atoms with van der Waals surface area (Å²) in [5.74, 6) is 1.35. The number of nitrogens with zero attached hydrogens (tertiary/aromatic N) is 4. The molecule has 0 spiro atoms. The van der Waals surface area contributed by atoms with Gasteiger partial charge in [0.25, 0.3) is 0 Å². The Labute approximate surface area is 178 Å². The van der Waals surface area contributed by atoms with E-state index in [2.05, 4.69) is 40.6 Å². The number of carbonyl (C=O) groups is 1. The van der Waals surface area contributed by atoms with Crippen molar-refractivity contribution in [2.75, 3.05) is 17.2 Å². The van der Waals surface area contributed by atoms with Gasteiger partial charge in [-0.2, -0.15) is 0 Å². The third-order valence-corrected chi connectivity index (χ3v) is 6.87. The highest BCUT2D eigenvalue weighted by Crippen LogP contribution is 2.33. The van der Waals surface area contributed by atoms with Crippen molar-refractivity contribution in [2.24, 2.45) is 0 Å². The van der Waals surface area contributed by atoms with Crippen LogP contribution < -0.4 is 4.90 Å². The SMILES string of the molecule is CCc1nnc(SCC(=O)N(CC)c2cccc(C)c2)c2cc3sc(C)cc3n12. The van der Waals surface area contributed by atoms with E-state index < -0.39 is 0 Å². The second kappa shape index (κ2) is 8.16. The number of hydrogen-bond acceptors (Lipinski definition) is 5. The number of fused-ring (bicyclic) bond motifs is 3. The van der Waals surface area contributed by atoms with Crippen LogP contribution in [0.25, 0.3) is 15.7 Å². The van der Waals surface area contributed by atoms with Crippen molar-refractivity contribution < 1.29 is 4.79 Å². The lowest BCUT2D eigenvalue weighted by Crippen LogP contribution is -2.32. The first-order valence-corrected chi connectivity index (χ1v) is 11.6. The standard InChI is InChI=1S/C22H24N4OS2/c1-5-20-23-24-22(18-12-19-17(26(18)20)11-15(4)29-19)28-13-21(27)25(6-2)16-9-7-8-14(3)10-16/h7-12H,5-6,13H2,1-4H3. The summed E-state index contributed by atoms with van der Waals surface area (Å²) in [5, 5.41) is 9.69. The van der Waals surface area contributed by atoms with E-state index in [9.17, 15) is 4.79 Å². The molecule has 0 N–H and O–H groups in total. The molecule has 1 amide bonds. The lowest BCUT2D eigenvalue weighted by atomic mass is 10.2. The number of thioether (sulfide) groups is 1. The number of aromatic nitrogens is 3. The summed E-state index contributed by atoms with van der Waals surface area (Å²) >= 11 is 3.24. The minimum atomic E-state index is 0.0758. The average Bonchev–Trinajstić information content (AvgIpc) is 3.23. The molecule has 0 unspecified atom stereocenters. The van der Waals surface area contributed by atoms with E-state index in [1.165, 1.54) is 26.9 Å². The predicted octanol–water partition coefficient (Wildman–Crippen LogP) is 5.27. The Morgan fingerprint density at radius 1 is 1.14 bits per heavy atom. The summed E-state index contributed by atoms with van der Waals surface area (Å²) in [4.78, 5) is 16.0. The molecule has 3 heterocycles. The third kappa shape index (κ3) is 3.76. The number of hydrogen-bond donors (Lipinski definition) is 0. The first-order chi connectivity index (χ1) is 14.0. The first kappa shape index (κ1) is 19.9. The second-order valence-corrected chi connectivity index (χ2v) is 9.26. The van der Waals surface area contributed by atoms with Crippen LogP contribution in [0, 0.1) is 13.8 Å². The summed E-state index contributed by atoms with van der Waals surface area (Å²) < 4.78 is 3.42. The Balaban J connectivity index is 1.62. The van der Waals surface area contributed by atoms with Gasteiger partial charge in [0.15, 0.2) is 0 Å². The monoisotopic (exact) mass is 424 g/mol. The van der Waals surface area contributed by atoms with Gasteiger partial charge < -0.3 is 4.90 Å². The van der Waals surface area contributed by atoms with E-state index in [4.69, 9.17) is 0 Å². The predicted molar refractivity (Wildman–Crippen MR) is 122 cm³/mol. The zero-order chi connectivity index (χ0) is 20.5. The molecule has 0 aliphatic carbocycles. The summed E-state index contributed by atoms with van der Waals surface area (Å²) in [7, 11) is 0. The molecule has 0 aliphatic rings. The fourth-order valence-electron chi connectivity index (χ4n) is 3.59. The van der Waals surface area contributed by atoms with Crippen molar-refractivity contribution in [1.82, 2.24) is 14.6 Å². The van der Waals surface area contributed by atoms with Gasteiger partial charge in [-0.1, -0.05) is 30.8 Å². The highest BCUT2D eigenvalue weighted by atomic mass is 32.2. The number of carbonyl (C=O) groups excluding carboxylic acids is 1. The average molecular weight is 425 g/mol. The molecule has 1 aromatic carbocycles. The highest BCUT2D eigenvalue weighted by molar-refractivity contribution is 8.00. The van der Waals surface area contributed by atoms with Crippen molar-refractivity contribution >= 4 is 50.4 Å². The maximum absolute atomic E-state index is 12.9. The summed E-state index contributed by atoms with van der Waals surface area (Å²) in [5.41, 5.74) is 4.30. The maximum atomic E-state index is 12.9. The zero-order valence-corrected chi connectivity index (χ0v) is 18.7. The van der Waals surface area contributed by atoms with Crippen LogP contribution in [0.15, 0.2) is 41.4 Å². The molecule has 0 fully saturated rings. The maximum Gasteiger partial charge on any atom is 0.237 e. The molecule has 150 valence electrons. The van der Waals surface area contributed by atoms with Gasteiger partial charge in [0.05, 0.1) is 21.5 Å². The molecule has 7 heteroatoms. The number of rotatable bonds is 6. The van der Waals surface area contributed by atoms with Crippen LogP contribution >= 0.6 is 23.1 Å². The molecule has 5 nitrogen and oxygen atoms in total. The second-order valence-electron chi connectivity index (χ2n) is 7.01. The van der Waals surface area contributed by atoms with Gasteiger partial charge in [-0.15, -0.1) is 21.5 Å². The molecule has 0 atom stereocenters. The van der Waals surface area contributed by atoms with Gasteiger partial charge in [-0.05, 0) is 50.6 Å². The minimum Gasteiger partial charge on any atom is -0.312 e. The van der Waals surface area contributed by atoms with Crippen LogP contribution in [0.4, 0.5) is 5.69 Å². The summed E-state index contributed by atoms with van der Waals surface area (Å²) in [6.45, 7) is 8.89. The van der Waals surface area contributed by atoms with Crippen LogP contribution in [-0.4, -0.2) is 32.8 Å². The number of anilines is 1. The van der Waals surface area contributed by atoms with E-state index in [0.717, 1.165) is 34.0 Å². The quantitative estimate of drug-likeness (QED) is 0.396. The number of aryl methyl sites for hydroxylation is 3. The first-order valence-electron chi connectivity index (χ1n) is 9.78. The fraction of sp³-hybridized carbons (Fsp3) is 0.318. The number of amides is 1. The van der Waals surface area contributed by atoms with Crippen molar-refractivity contribution in [1.29, 1.82) is 0 Å². The van der Waals surface area contributed by atoms with Crippen molar-refractivity contribution in [3.63, 3.8) is 0 Å². The van der Waals surface area contributed by atoms with Gasteiger partial charge in [-0.3, -0.25) is 9.20 Å². The van der Waals surface area contributed by atoms with Crippen molar-refractivity contribution in [2.45, 2.75) is 39.1 Å². The largest absolute Gasteiger partial charge is 0.312 e. The molecule has 4 aromatic rings. The Kier molecular flexibility index (Phi) is 5.61. The van der Waals surface area contributed by atoms with Gasteiger partial charge >= 0.3 is 0 Å². The Bertz CT molecular complexity index is 1190. The molecule has 4 rings (SSSR count). The van der Waals surface area contributed by atoms with Gasteiger partial charge in [0.2, 0.25) is 5.91 Å². The molecule has 0 saturated heterocycles. The van der Waals surface area contributed by atoms with E-state index in [1.54, 1.807) is 11.3 Å². The summed E-state index contributed by atoms with van der Waals surface area (Å²) in [6, 6.07) is 12.4. The molecular weight excluding hydrogens is 400 g/mol. The zero-order valence-electron chi connectivity index (χ0n) is 17.1. The normalized spacial score (nSPS) is 11.4. The number of thiophene rings is 1. The molecule has 0 bridgehead atoms. The van der Waals surface area contributed by atoms with Crippen LogP contribution in [0.2, 0.25) is 0 Å². The molecule has 0 radical (unpaired) electrons. The topological polar surface area (TPSA) is 50.5 Å². The lowest BCUT2D eigenvalue weighted by Gasteiger charge is -2.21. The fourth-order valence-corrected chi connectivity index (χ4v) is 5.34. The molecule has 29 heavy (non-hydrogen) atoms. The van der Waals surface area contributed by atoms with Crippen molar-refractivity contribution in [3.8, 4) is 0 Å². The van der Waals surface area contributed by atoms with E-state index in [1.807, 2.05) is 43.0 Å². The molecule has 0 aliphatic heterocycles. The summed E-state index contributed by atoms with van der Waals surface area (Å²) in [6.07, 6.45) is 0.809. The molecule has 3 aromatic heterocycles. The van der Waals surface area contributed by atoms with Gasteiger partial charge in [0.1, 0.15) is 10.9 Å². The van der Waals surface area contributed by atoms with E-state index in [-0.39, 0.29) is 5.91 Å². The lowest BCUT2D eigenvalue weighted by molar-refractivity contribution is -0.116.